The first-order chi connectivity index (χ1) is 9.30. The van der Waals surface area contributed by atoms with Crippen molar-refractivity contribution in [2.24, 2.45) is 0 Å². The maximum Gasteiger partial charge on any atom is 0.410 e. The van der Waals surface area contributed by atoms with Crippen LogP contribution in [0.4, 0.5) is 4.79 Å². The molecule has 0 fully saturated rings. The number of methoxy groups -OCH3 is 1. The zero-order chi connectivity index (χ0) is 14.9. The molecule has 1 aromatic heterocycles. The average Bonchev–Trinajstić information content (AvgIpc) is 2.78. The molecule has 2 heterocycles. The lowest BCUT2D eigenvalue weighted by Gasteiger charge is -2.30. The van der Waals surface area contributed by atoms with Crippen molar-refractivity contribution in [3.8, 4) is 0 Å². The number of ether oxygens (including phenoxy) is 2. The lowest BCUT2D eigenvalue weighted by atomic mass is 10.2. The van der Waals surface area contributed by atoms with Crippen LogP contribution in [0.25, 0.3) is 0 Å². The van der Waals surface area contributed by atoms with Gasteiger partial charge in [0.05, 0.1) is 13.7 Å². The minimum Gasteiger partial charge on any atom is -0.464 e. The number of carbonyl (C=O) groups is 2. The SMILES string of the molecule is COC(=O)c1cn2c(n1)CN(C(=O)OC(C)(C)C)CC2. The van der Waals surface area contributed by atoms with E-state index in [-0.39, 0.29) is 11.8 Å². The van der Waals surface area contributed by atoms with Gasteiger partial charge in [0, 0.05) is 19.3 Å². The van der Waals surface area contributed by atoms with Gasteiger partial charge < -0.3 is 14.0 Å². The topological polar surface area (TPSA) is 73.7 Å². The van der Waals surface area contributed by atoms with Crippen LogP contribution in [0.15, 0.2) is 6.20 Å². The second-order valence-corrected chi connectivity index (χ2v) is 5.63. The lowest BCUT2D eigenvalue weighted by Crippen LogP contribution is -2.41. The summed E-state index contributed by atoms with van der Waals surface area (Å²) in [7, 11) is 1.31. The van der Waals surface area contributed by atoms with E-state index in [1.165, 1.54) is 7.11 Å². The molecule has 7 nitrogen and oxygen atoms in total. The molecule has 0 aromatic carbocycles. The second-order valence-electron chi connectivity index (χ2n) is 5.63. The molecule has 0 spiro atoms. The molecule has 7 heteroatoms. The van der Waals surface area contributed by atoms with Crippen molar-refractivity contribution in [3.05, 3.63) is 17.7 Å². The molecule has 0 atom stereocenters. The summed E-state index contributed by atoms with van der Waals surface area (Å²) in [4.78, 5) is 29.2. The third-order valence-electron chi connectivity index (χ3n) is 2.85. The highest BCUT2D eigenvalue weighted by molar-refractivity contribution is 5.87. The smallest absolute Gasteiger partial charge is 0.410 e. The van der Waals surface area contributed by atoms with Crippen LogP contribution >= 0.6 is 0 Å². The number of carbonyl (C=O) groups excluding carboxylic acids is 2. The molecule has 0 unspecified atom stereocenters. The molecule has 0 radical (unpaired) electrons. The summed E-state index contributed by atoms with van der Waals surface area (Å²) in [6, 6.07) is 0. The van der Waals surface area contributed by atoms with Crippen molar-refractivity contribution in [1.82, 2.24) is 14.5 Å². The van der Waals surface area contributed by atoms with E-state index in [9.17, 15) is 9.59 Å². The summed E-state index contributed by atoms with van der Waals surface area (Å²) in [5, 5.41) is 0. The third-order valence-corrected chi connectivity index (χ3v) is 2.85. The molecule has 0 saturated carbocycles. The highest BCUT2D eigenvalue weighted by atomic mass is 16.6. The normalized spacial score (nSPS) is 14.7. The van der Waals surface area contributed by atoms with Crippen molar-refractivity contribution in [3.63, 3.8) is 0 Å². The van der Waals surface area contributed by atoms with E-state index in [0.29, 0.717) is 25.5 Å². The number of hydrogen-bond donors (Lipinski definition) is 0. The summed E-state index contributed by atoms with van der Waals surface area (Å²) in [6.07, 6.45) is 1.28. The lowest BCUT2D eigenvalue weighted by molar-refractivity contribution is 0.0195. The van der Waals surface area contributed by atoms with Gasteiger partial charge in [-0.05, 0) is 20.8 Å². The third kappa shape index (κ3) is 3.09. The zero-order valence-corrected chi connectivity index (χ0v) is 12.2. The summed E-state index contributed by atoms with van der Waals surface area (Å²) >= 11 is 0. The van der Waals surface area contributed by atoms with E-state index < -0.39 is 11.6 Å². The number of hydrogen-bond acceptors (Lipinski definition) is 5. The number of rotatable bonds is 1. The maximum atomic E-state index is 12.0. The fraction of sp³-hybridized carbons (Fsp3) is 0.615. The van der Waals surface area contributed by atoms with Gasteiger partial charge in [-0.1, -0.05) is 0 Å². The predicted molar refractivity (Wildman–Crippen MR) is 70.2 cm³/mol. The fourth-order valence-electron chi connectivity index (χ4n) is 1.94. The Morgan fingerprint density at radius 1 is 1.30 bits per heavy atom. The van der Waals surface area contributed by atoms with Crippen molar-refractivity contribution < 1.29 is 19.1 Å². The largest absolute Gasteiger partial charge is 0.464 e. The predicted octanol–water partition coefficient (Wildman–Crippen LogP) is 1.42. The van der Waals surface area contributed by atoms with Gasteiger partial charge in [-0.2, -0.15) is 0 Å². The molecule has 0 bridgehead atoms. The van der Waals surface area contributed by atoms with E-state index in [1.807, 2.05) is 25.3 Å². The average molecular weight is 281 g/mol. The first-order valence-electron chi connectivity index (χ1n) is 6.42. The Labute approximate surface area is 117 Å². The van der Waals surface area contributed by atoms with Crippen molar-refractivity contribution in [2.75, 3.05) is 13.7 Å². The second kappa shape index (κ2) is 5.15. The molecule has 0 N–H and O–H groups in total. The minimum atomic E-state index is -0.527. The highest BCUT2D eigenvalue weighted by Crippen LogP contribution is 2.17. The maximum absolute atomic E-state index is 12.0. The van der Waals surface area contributed by atoms with Gasteiger partial charge in [0.1, 0.15) is 11.4 Å². The molecule has 1 aliphatic rings. The van der Waals surface area contributed by atoms with Crippen molar-refractivity contribution >= 4 is 12.1 Å². The molecule has 0 saturated heterocycles. The Hall–Kier alpha value is -2.05. The van der Waals surface area contributed by atoms with Gasteiger partial charge in [0.15, 0.2) is 5.69 Å². The standard InChI is InChI=1S/C13H19N3O4/c1-13(2,3)20-12(18)16-6-5-15-7-9(11(17)19-4)14-10(15)8-16/h7H,5-6,8H2,1-4H3. The van der Waals surface area contributed by atoms with E-state index in [1.54, 1.807) is 11.1 Å². The van der Waals surface area contributed by atoms with Crippen molar-refractivity contribution in [2.45, 2.75) is 39.5 Å². The Morgan fingerprint density at radius 3 is 2.60 bits per heavy atom. The van der Waals surface area contributed by atoms with Crippen LogP contribution in [0.5, 0.6) is 0 Å². The van der Waals surface area contributed by atoms with E-state index in [2.05, 4.69) is 9.72 Å². The van der Waals surface area contributed by atoms with Crippen molar-refractivity contribution in [1.29, 1.82) is 0 Å². The van der Waals surface area contributed by atoms with Gasteiger partial charge in [-0.25, -0.2) is 14.6 Å². The monoisotopic (exact) mass is 281 g/mol. The highest BCUT2D eigenvalue weighted by Gasteiger charge is 2.27. The van der Waals surface area contributed by atoms with Gasteiger partial charge in [-0.15, -0.1) is 0 Å². The van der Waals surface area contributed by atoms with Gasteiger partial charge >= 0.3 is 12.1 Å². The zero-order valence-electron chi connectivity index (χ0n) is 12.2. The molecule has 2 rings (SSSR count). The fourth-order valence-corrected chi connectivity index (χ4v) is 1.94. The number of esters is 1. The first-order valence-corrected chi connectivity index (χ1v) is 6.42. The molecular formula is C13H19N3O4. The summed E-state index contributed by atoms with van der Waals surface area (Å²) in [5.74, 6) is 0.179. The molecule has 1 amide bonds. The quantitative estimate of drug-likeness (QED) is 0.728. The van der Waals surface area contributed by atoms with Crippen LogP contribution in [-0.2, 0) is 22.6 Å². The van der Waals surface area contributed by atoms with Gasteiger partial charge in [0.2, 0.25) is 0 Å². The van der Waals surface area contributed by atoms with Crippen LogP contribution in [0.2, 0.25) is 0 Å². The number of nitrogens with zero attached hydrogens (tertiary/aromatic N) is 3. The Kier molecular flexibility index (Phi) is 3.69. The van der Waals surface area contributed by atoms with Gasteiger partial charge in [-0.3, -0.25) is 4.90 Å². The van der Waals surface area contributed by atoms with Gasteiger partial charge in [0.25, 0.3) is 0 Å². The Morgan fingerprint density at radius 2 is 2.00 bits per heavy atom. The number of fused-ring (bicyclic) bond motifs is 1. The van der Waals surface area contributed by atoms with E-state index in [0.717, 1.165) is 0 Å². The number of imidazole rings is 1. The van der Waals surface area contributed by atoms with Crippen LogP contribution in [0, 0.1) is 0 Å². The summed E-state index contributed by atoms with van der Waals surface area (Å²) in [5.41, 5.74) is -0.269. The first kappa shape index (κ1) is 14.4. The Bertz CT molecular complexity index is 530. The van der Waals surface area contributed by atoms with Crippen LogP contribution < -0.4 is 0 Å². The molecule has 0 aliphatic carbocycles. The van der Waals surface area contributed by atoms with E-state index >= 15 is 0 Å². The summed E-state index contributed by atoms with van der Waals surface area (Å²) in [6.45, 7) is 6.91. The molecule has 20 heavy (non-hydrogen) atoms. The Balaban J connectivity index is 2.09. The minimum absolute atomic E-state index is 0.258. The molecule has 1 aromatic rings. The summed E-state index contributed by atoms with van der Waals surface area (Å²) < 4.78 is 11.8. The van der Waals surface area contributed by atoms with E-state index in [4.69, 9.17) is 4.74 Å². The number of aromatic nitrogens is 2. The molecular weight excluding hydrogens is 262 g/mol. The van der Waals surface area contributed by atoms with Crippen LogP contribution in [-0.4, -0.2) is 45.8 Å². The van der Waals surface area contributed by atoms with Crippen LogP contribution in [0.1, 0.15) is 37.1 Å². The molecule has 1 aliphatic heterocycles. The number of amides is 1. The van der Waals surface area contributed by atoms with Crippen LogP contribution in [0.3, 0.4) is 0 Å². The molecule has 110 valence electrons.